The van der Waals surface area contributed by atoms with Crippen LogP contribution >= 0.6 is 0 Å². The number of hydrogen-bond acceptors (Lipinski definition) is 8. The van der Waals surface area contributed by atoms with Crippen molar-refractivity contribution in [3.05, 3.63) is 30.0 Å². The average Bonchev–Trinajstić information content (AvgIpc) is 3.38. The number of hydrogen-bond donors (Lipinski definition) is 3. The van der Waals surface area contributed by atoms with Gasteiger partial charge in [-0.25, -0.2) is 4.99 Å². The number of methoxy groups -OCH3 is 1. The molecule has 0 spiro atoms. The van der Waals surface area contributed by atoms with Gasteiger partial charge in [0.1, 0.15) is 30.1 Å². The fourth-order valence-corrected chi connectivity index (χ4v) is 4.64. The van der Waals surface area contributed by atoms with Crippen LogP contribution in [0.3, 0.4) is 0 Å². The third-order valence-electron chi connectivity index (χ3n) is 6.46. The summed E-state index contributed by atoms with van der Waals surface area (Å²) in [6.07, 6.45) is -0.117. The van der Waals surface area contributed by atoms with E-state index in [-0.39, 0.29) is 0 Å². The van der Waals surface area contributed by atoms with Gasteiger partial charge >= 0.3 is 0 Å². The van der Waals surface area contributed by atoms with Crippen LogP contribution in [0.2, 0.25) is 0 Å². The van der Waals surface area contributed by atoms with E-state index in [0.717, 1.165) is 54.8 Å². The molecule has 3 N–H and O–H groups in total. The highest BCUT2D eigenvalue weighted by molar-refractivity contribution is 6.08. The SMILES string of the molecule is COc1ccc2c(C3=N[C@@H]4C(O)[C@H](O)C(CO)O[C@@H]4O3)cn(CC3CCOCC3)c2c1. The Kier molecular flexibility index (Phi) is 5.61. The van der Waals surface area contributed by atoms with Crippen molar-refractivity contribution in [1.82, 2.24) is 4.57 Å². The zero-order chi connectivity index (χ0) is 21.5. The Labute approximate surface area is 179 Å². The molecule has 5 rings (SSSR count). The van der Waals surface area contributed by atoms with Gasteiger partial charge in [0.25, 0.3) is 0 Å². The van der Waals surface area contributed by atoms with E-state index in [0.29, 0.717) is 11.8 Å². The van der Waals surface area contributed by atoms with Crippen molar-refractivity contribution in [1.29, 1.82) is 0 Å². The fourth-order valence-electron chi connectivity index (χ4n) is 4.64. The second kappa shape index (κ2) is 8.40. The van der Waals surface area contributed by atoms with Crippen LogP contribution in [-0.2, 0) is 20.8 Å². The van der Waals surface area contributed by atoms with E-state index in [4.69, 9.17) is 18.9 Å². The molecule has 9 heteroatoms. The molecule has 4 heterocycles. The summed E-state index contributed by atoms with van der Waals surface area (Å²) < 4.78 is 24.7. The zero-order valence-electron chi connectivity index (χ0n) is 17.4. The van der Waals surface area contributed by atoms with Crippen LogP contribution < -0.4 is 4.74 Å². The molecule has 2 fully saturated rings. The molecule has 2 unspecified atom stereocenters. The van der Waals surface area contributed by atoms with Crippen molar-refractivity contribution in [2.75, 3.05) is 26.9 Å². The van der Waals surface area contributed by atoms with E-state index >= 15 is 0 Å². The van der Waals surface area contributed by atoms with Crippen LogP contribution in [0.15, 0.2) is 29.4 Å². The highest BCUT2D eigenvalue weighted by atomic mass is 16.7. The lowest BCUT2D eigenvalue weighted by molar-refractivity contribution is -0.234. The van der Waals surface area contributed by atoms with Gasteiger partial charge in [-0.3, -0.25) is 0 Å². The van der Waals surface area contributed by atoms with Crippen molar-refractivity contribution >= 4 is 16.8 Å². The molecule has 2 saturated heterocycles. The summed E-state index contributed by atoms with van der Waals surface area (Å²) in [5, 5.41) is 31.0. The first-order valence-electron chi connectivity index (χ1n) is 10.7. The van der Waals surface area contributed by atoms with Crippen LogP contribution in [0.4, 0.5) is 0 Å². The van der Waals surface area contributed by atoms with Crippen LogP contribution in [0, 0.1) is 5.92 Å². The number of rotatable bonds is 5. The van der Waals surface area contributed by atoms with Crippen LogP contribution in [0.25, 0.3) is 10.9 Å². The zero-order valence-corrected chi connectivity index (χ0v) is 17.4. The average molecular weight is 432 g/mol. The minimum atomic E-state index is -1.22. The Morgan fingerprint density at radius 3 is 2.74 bits per heavy atom. The first-order chi connectivity index (χ1) is 15.1. The quantitative estimate of drug-likeness (QED) is 0.636. The molecular weight excluding hydrogens is 404 g/mol. The van der Waals surface area contributed by atoms with E-state index in [2.05, 4.69) is 9.56 Å². The maximum absolute atomic E-state index is 10.5. The standard InChI is InChI=1S/C22H28N2O7/c1-28-13-2-3-14-15(10-24(16(14)8-13)9-12-4-6-29-7-5-12)21-23-18-20(27)19(26)17(11-25)30-22(18)31-21/h2-3,8,10,12,17-20,22,25-27H,4-7,9,11H2,1H3/t17?,18-,19-,20?,22-/m1/s1. The van der Waals surface area contributed by atoms with Gasteiger partial charge in [-0.15, -0.1) is 0 Å². The summed E-state index contributed by atoms with van der Waals surface area (Å²) in [6.45, 7) is 1.99. The summed E-state index contributed by atoms with van der Waals surface area (Å²) in [6, 6.07) is 5.11. The Morgan fingerprint density at radius 1 is 1.19 bits per heavy atom. The first kappa shape index (κ1) is 20.7. The van der Waals surface area contributed by atoms with Gasteiger partial charge in [-0.2, -0.15) is 0 Å². The largest absolute Gasteiger partial charge is 0.497 e. The summed E-state index contributed by atoms with van der Waals surface area (Å²) >= 11 is 0. The third-order valence-corrected chi connectivity index (χ3v) is 6.46. The van der Waals surface area contributed by atoms with Crippen molar-refractivity contribution in [2.24, 2.45) is 10.9 Å². The monoisotopic (exact) mass is 432 g/mol. The predicted octanol–water partition coefficient (Wildman–Crippen LogP) is 0.661. The van der Waals surface area contributed by atoms with Gasteiger partial charge in [0.05, 0.1) is 24.8 Å². The summed E-state index contributed by atoms with van der Waals surface area (Å²) in [5.41, 5.74) is 1.81. The summed E-state index contributed by atoms with van der Waals surface area (Å²) in [5.74, 6) is 1.64. The Bertz CT molecular complexity index is 968. The number of fused-ring (bicyclic) bond motifs is 2. The number of aliphatic hydroxyl groups excluding tert-OH is 3. The molecule has 2 aromatic rings. The number of aliphatic imine (C=N–C) groups is 1. The van der Waals surface area contributed by atoms with Gasteiger partial charge in [0.2, 0.25) is 12.2 Å². The van der Waals surface area contributed by atoms with Gasteiger partial charge in [-0.1, -0.05) is 0 Å². The lowest BCUT2D eigenvalue weighted by Gasteiger charge is -2.36. The molecule has 0 amide bonds. The molecule has 31 heavy (non-hydrogen) atoms. The van der Waals surface area contributed by atoms with E-state index in [9.17, 15) is 15.3 Å². The van der Waals surface area contributed by atoms with Gasteiger partial charge < -0.3 is 38.8 Å². The molecular formula is C22H28N2O7. The summed E-state index contributed by atoms with van der Waals surface area (Å²) in [4.78, 5) is 4.55. The Balaban J connectivity index is 1.50. The number of ether oxygens (including phenoxy) is 4. The second-order valence-electron chi connectivity index (χ2n) is 8.38. The molecule has 1 aromatic heterocycles. The number of aromatic nitrogens is 1. The van der Waals surface area contributed by atoms with Crippen LogP contribution in [-0.4, -0.2) is 83.4 Å². The van der Waals surface area contributed by atoms with E-state index in [1.165, 1.54) is 0 Å². The van der Waals surface area contributed by atoms with Crippen LogP contribution in [0.5, 0.6) is 5.75 Å². The van der Waals surface area contributed by atoms with Crippen molar-refractivity contribution < 1.29 is 34.3 Å². The minimum Gasteiger partial charge on any atom is -0.497 e. The molecule has 0 bridgehead atoms. The molecule has 0 radical (unpaired) electrons. The minimum absolute atomic E-state index is 0.362. The van der Waals surface area contributed by atoms with E-state index in [1.807, 2.05) is 24.4 Å². The van der Waals surface area contributed by atoms with Crippen molar-refractivity contribution in [2.45, 2.75) is 50.0 Å². The number of benzene rings is 1. The van der Waals surface area contributed by atoms with Crippen molar-refractivity contribution in [3.63, 3.8) is 0 Å². The fraction of sp³-hybridized carbons (Fsp3) is 0.591. The summed E-state index contributed by atoms with van der Waals surface area (Å²) in [7, 11) is 1.64. The third kappa shape index (κ3) is 3.70. The number of nitrogens with zero attached hydrogens (tertiary/aromatic N) is 2. The maximum atomic E-state index is 10.5. The predicted molar refractivity (Wildman–Crippen MR) is 111 cm³/mol. The Morgan fingerprint density at radius 2 is 2.00 bits per heavy atom. The van der Waals surface area contributed by atoms with Gasteiger partial charge in [0, 0.05) is 37.4 Å². The molecule has 0 saturated carbocycles. The van der Waals surface area contributed by atoms with E-state index < -0.39 is 37.3 Å². The van der Waals surface area contributed by atoms with Crippen LogP contribution in [0.1, 0.15) is 18.4 Å². The first-order valence-corrected chi connectivity index (χ1v) is 10.7. The molecule has 3 aliphatic rings. The number of aliphatic hydroxyl groups is 3. The normalized spacial score (nSPS) is 31.4. The lowest BCUT2D eigenvalue weighted by atomic mass is 9.98. The lowest BCUT2D eigenvalue weighted by Crippen LogP contribution is -2.56. The van der Waals surface area contributed by atoms with Gasteiger partial charge in [0.15, 0.2) is 0 Å². The highest BCUT2D eigenvalue weighted by Crippen LogP contribution is 2.34. The molecule has 3 aliphatic heterocycles. The highest BCUT2D eigenvalue weighted by Gasteiger charge is 2.49. The molecule has 9 nitrogen and oxygen atoms in total. The van der Waals surface area contributed by atoms with Crippen molar-refractivity contribution in [3.8, 4) is 5.75 Å². The Hall–Kier alpha value is -2.17. The molecule has 0 aliphatic carbocycles. The maximum Gasteiger partial charge on any atom is 0.227 e. The van der Waals surface area contributed by atoms with Gasteiger partial charge in [-0.05, 0) is 30.9 Å². The van der Waals surface area contributed by atoms with E-state index in [1.54, 1.807) is 7.11 Å². The molecule has 1 aromatic carbocycles. The molecule has 5 atom stereocenters. The molecule has 168 valence electrons. The topological polar surface area (TPSA) is 115 Å². The second-order valence-corrected chi connectivity index (χ2v) is 8.38. The smallest absolute Gasteiger partial charge is 0.227 e.